The highest BCUT2D eigenvalue weighted by Gasteiger charge is 2.32. The van der Waals surface area contributed by atoms with Gasteiger partial charge in [-0.25, -0.2) is 0 Å². The topological polar surface area (TPSA) is 49.4 Å². The third-order valence-electron chi connectivity index (χ3n) is 2.66. The number of thiocarbonyl (C=S) groups is 1. The Morgan fingerprint density at radius 3 is 2.80 bits per heavy atom. The van der Waals surface area contributed by atoms with Crippen molar-refractivity contribution in [2.45, 2.75) is 0 Å². The first kappa shape index (κ1) is 14.9. The Morgan fingerprint density at radius 1 is 1.40 bits per heavy atom. The van der Waals surface area contributed by atoms with E-state index in [1.807, 2.05) is 24.3 Å². The third-order valence-corrected chi connectivity index (χ3v) is 3.65. The van der Waals surface area contributed by atoms with E-state index in [4.69, 9.17) is 12.2 Å². The zero-order chi connectivity index (χ0) is 14.7. The van der Waals surface area contributed by atoms with Gasteiger partial charge in [0, 0.05) is 10.1 Å². The van der Waals surface area contributed by atoms with Crippen LogP contribution in [0.5, 0.6) is 0 Å². The SMILES string of the molecule is C=CCN1C(=O)/C(=C/c2cccc(I)c2)C(=O)NC1=S. The second-order valence-corrected chi connectivity index (χ2v) is 5.71. The van der Waals surface area contributed by atoms with E-state index in [1.165, 1.54) is 4.90 Å². The average molecular weight is 398 g/mol. The molecule has 20 heavy (non-hydrogen) atoms. The zero-order valence-corrected chi connectivity index (χ0v) is 13.4. The largest absolute Gasteiger partial charge is 0.298 e. The highest BCUT2D eigenvalue weighted by molar-refractivity contribution is 14.1. The van der Waals surface area contributed by atoms with Gasteiger partial charge in [0.15, 0.2) is 5.11 Å². The van der Waals surface area contributed by atoms with Crippen molar-refractivity contribution in [3.05, 3.63) is 51.6 Å². The summed E-state index contributed by atoms with van der Waals surface area (Å²) >= 11 is 7.15. The quantitative estimate of drug-likeness (QED) is 0.279. The summed E-state index contributed by atoms with van der Waals surface area (Å²) in [5.74, 6) is -0.878. The lowest BCUT2D eigenvalue weighted by molar-refractivity contribution is -0.128. The Bertz CT molecular complexity index is 640. The number of halogens is 1. The van der Waals surface area contributed by atoms with Gasteiger partial charge in [-0.15, -0.1) is 6.58 Å². The maximum Gasteiger partial charge on any atom is 0.265 e. The molecule has 0 unspecified atom stereocenters. The van der Waals surface area contributed by atoms with Gasteiger partial charge in [-0.1, -0.05) is 18.2 Å². The fraction of sp³-hybridized carbons (Fsp3) is 0.0714. The minimum atomic E-state index is -0.473. The molecule has 1 aromatic carbocycles. The molecule has 1 aromatic rings. The van der Waals surface area contributed by atoms with Crippen molar-refractivity contribution < 1.29 is 9.59 Å². The first-order valence-corrected chi connectivity index (χ1v) is 7.27. The summed E-state index contributed by atoms with van der Waals surface area (Å²) in [7, 11) is 0. The van der Waals surface area contributed by atoms with Gasteiger partial charge in [0.05, 0.1) is 0 Å². The second kappa shape index (κ2) is 6.27. The highest BCUT2D eigenvalue weighted by atomic mass is 127. The smallest absolute Gasteiger partial charge is 0.265 e. The van der Waals surface area contributed by atoms with Crippen molar-refractivity contribution in [3.8, 4) is 0 Å². The van der Waals surface area contributed by atoms with Crippen LogP contribution in [0.4, 0.5) is 0 Å². The second-order valence-electron chi connectivity index (χ2n) is 4.08. The molecule has 102 valence electrons. The maximum atomic E-state index is 12.3. The summed E-state index contributed by atoms with van der Waals surface area (Å²) < 4.78 is 1.03. The molecule has 6 heteroatoms. The highest BCUT2D eigenvalue weighted by Crippen LogP contribution is 2.16. The molecule has 1 aliphatic heterocycles. The normalized spacial score (nSPS) is 17.4. The Kier molecular flexibility index (Phi) is 4.66. The van der Waals surface area contributed by atoms with E-state index in [1.54, 1.807) is 12.2 Å². The average Bonchev–Trinajstić information content (AvgIpc) is 2.39. The fourth-order valence-electron chi connectivity index (χ4n) is 1.75. The van der Waals surface area contributed by atoms with Gasteiger partial charge in [-0.3, -0.25) is 19.8 Å². The van der Waals surface area contributed by atoms with Crippen LogP contribution in [0.3, 0.4) is 0 Å². The van der Waals surface area contributed by atoms with Gasteiger partial charge < -0.3 is 0 Å². The third kappa shape index (κ3) is 3.13. The molecule has 4 nitrogen and oxygen atoms in total. The number of hydrogen-bond acceptors (Lipinski definition) is 3. The molecular weight excluding hydrogens is 387 g/mol. The van der Waals surface area contributed by atoms with Crippen LogP contribution in [-0.4, -0.2) is 28.4 Å². The summed E-state index contributed by atoms with van der Waals surface area (Å²) in [5, 5.41) is 2.62. The van der Waals surface area contributed by atoms with E-state index in [0.29, 0.717) is 0 Å². The van der Waals surface area contributed by atoms with Crippen LogP contribution >= 0.6 is 34.8 Å². The first-order chi connectivity index (χ1) is 9.52. The maximum absolute atomic E-state index is 12.3. The zero-order valence-electron chi connectivity index (χ0n) is 10.4. The Balaban J connectivity index is 2.38. The minimum absolute atomic E-state index is 0.0717. The monoisotopic (exact) mass is 398 g/mol. The summed E-state index contributed by atoms with van der Waals surface area (Å²) in [6.07, 6.45) is 3.13. The lowest BCUT2D eigenvalue weighted by Crippen LogP contribution is -2.53. The summed E-state index contributed by atoms with van der Waals surface area (Å²) in [6.45, 7) is 3.84. The van der Waals surface area contributed by atoms with Crippen molar-refractivity contribution in [2.24, 2.45) is 0 Å². The molecule has 0 spiro atoms. The van der Waals surface area contributed by atoms with Crippen LogP contribution in [-0.2, 0) is 9.59 Å². The van der Waals surface area contributed by atoms with E-state index in [2.05, 4.69) is 34.5 Å². The number of hydrogen-bond donors (Lipinski definition) is 1. The van der Waals surface area contributed by atoms with Crippen LogP contribution in [0.25, 0.3) is 6.08 Å². The van der Waals surface area contributed by atoms with Gasteiger partial charge in [0.1, 0.15) is 5.57 Å². The van der Waals surface area contributed by atoms with Crippen molar-refractivity contribution >= 4 is 57.8 Å². The van der Waals surface area contributed by atoms with Crippen molar-refractivity contribution in [3.63, 3.8) is 0 Å². The molecule has 1 heterocycles. The summed E-state index contributed by atoms with van der Waals surface area (Å²) in [5.41, 5.74) is 0.865. The molecule has 0 aromatic heterocycles. The molecule has 0 aliphatic carbocycles. The van der Waals surface area contributed by atoms with Crippen LogP contribution in [0.15, 0.2) is 42.5 Å². The Hall–Kier alpha value is -1.54. The molecule has 0 atom stereocenters. The molecule has 2 rings (SSSR count). The van der Waals surface area contributed by atoms with E-state index in [-0.39, 0.29) is 17.2 Å². The van der Waals surface area contributed by atoms with Gasteiger partial charge in [0.2, 0.25) is 0 Å². The molecule has 0 saturated carbocycles. The Labute approximate surface area is 135 Å². The number of nitrogens with zero attached hydrogens (tertiary/aromatic N) is 1. The molecule has 0 bridgehead atoms. The standard InChI is InChI=1S/C14H11IN2O2S/c1-2-6-17-13(19)11(12(18)16-14(17)20)8-9-4-3-5-10(15)7-9/h2-5,7-8H,1,6H2,(H,16,18,20)/b11-8+. The van der Waals surface area contributed by atoms with Crippen molar-refractivity contribution in [2.75, 3.05) is 6.54 Å². The number of carbonyl (C=O) groups excluding carboxylic acids is 2. The van der Waals surface area contributed by atoms with Gasteiger partial charge in [0.25, 0.3) is 11.8 Å². The molecular formula is C14H11IN2O2S. The van der Waals surface area contributed by atoms with Crippen molar-refractivity contribution in [1.29, 1.82) is 0 Å². The number of rotatable bonds is 3. The van der Waals surface area contributed by atoms with Gasteiger partial charge in [-0.2, -0.15) is 0 Å². The van der Waals surface area contributed by atoms with Crippen LogP contribution in [0, 0.1) is 3.57 Å². The summed E-state index contributed by atoms with van der Waals surface area (Å²) in [4.78, 5) is 25.5. The van der Waals surface area contributed by atoms with E-state index in [0.717, 1.165) is 9.13 Å². The lowest BCUT2D eigenvalue weighted by atomic mass is 10.1. The summed E-state index contributed by atoms with van der Waals surface area (Å²) in [6, 6.07) is 7.52. The van der Waals surface area contributed by atoms with E-state index < -0.39 is 11.8 Å². The predicted octanol–water partition coefficient (Wildman–Crippen LogP) is 2.10. The van der Waals surface area contributed by atoms with Crippen LogP contribution in [0.1, 0.15) is 5.56 Å². The molecule has 1 N–H and O–H groups in total. The number of nitrogens with one attached hydrogen (secondary N) is 1. The Morgan fingerprint density at radius 2 is 2.15 bits per heavy atom. The van der Waals surface area contributed by atoms with Crippen molar-refractivity contribution in [1.82, 2.24) is 10.2 Å². The number of benzene rings is 1. The lowest BCUT2D eigenvalue weighted by Gasteiger charge is -2.27. The number of amides is 2. The fourth-order valence-corrected chi connectivity index (χ4v) is 2.57. The van der Waals surface area contributed by atoms with Gasteiger partial charge in [-0.05, 0) is 58.6 Å². The predicted molar refractivity (Wildman–Crippen MR) is 89.8 cm³/mol. The molecule has 1 saturated heterocycles. The molecule has 2 amide bonds. The number of carbonyl (C=O) groups is 2. The molecule has 1 fully saturated rings. The molecule has 1 aliphatic rings. The van der Waals surface area contributed by atoms with E-state index in [9.17, 15) is 9.59 Å². The first-order valence-electron chi connectivity index (χ1n) is 5.78. The van der Waals surface area contributed by atoms with Gasteiger partial charge >= 0.3 is 0 Å². The van der Waals surface area contributed by atoms with Crippen LogP contribution < -0.4 is 5.32 Å². The van der Waals surface area contributed by atoms with E-state index >= 15 is 0 Å². The van der Waals surface area contributed by atoms with Crippen LogP contribution in [0.2, 0.25) is 0 Å². The minimum Gasteiger partial charge on any atom is -0.298 e. The molecule has 0 radical (unpaired) electrons.